The van der Waals surface area contributed by atoms with Crippen LogP contribution in [0.1, 0.15) is 17.0 Å². The first-order valence-electron chi connectivity index (χ1n) is 9.39. The van der Waals surface area contributed by atoms with E-state index >= 15 is 0 Å². The van der Waals surface area contributed by atoms with Gasteiger partial charge in [0, 0.05) is 24.4 Å². The quantitative estimate of drug-likeness (QED) is 0.566. The molecule has 1 amide bonds. The van der Waals surface area contributed by atoms with Gasteiger partial charge in [-0.05, 0) is 44.2 Å². The number of aromatic nitrogens is 2. The Labute approximate surface area is 170 Å². The lowest BCUT2D eigenvalue weighted by atomic mass is 10.2. The number of aryl methyl sites for hydroxylation is 1. The fraction of sp³-hybridized carbons (Fsp3) is 0.217. The molecule has 0 aliphatic heterocycles. The molecule has 0 unspecified atom stereocenters. The second-order valence-corrected chi connectivity index (χ2v) is 6.70. The summed E-state index contributed by atoms with van der Waals surface area (Å²) in [5.41, 5.74) is 3.70. The van der Waals surface area contributed by atoms with E-state index in [1.165, 1.54) is 17.0 Å². The predicted octanol–water partition coefficient (Wildman–Crippen LogP) is 4.18. The fourth-order valence-electron chi connectivity index (χ4n) is 2.96. The molecular weight excluding hydrogens is 369 g/mol. The first kappa shape index (κ1) is 20.3. The Balaban J connectivity index is 1.61. The van der Waals surface area contributed by atoms with Gasteiger partial charge in [0.2, 0.25) is 5.91 Å². The third kappa shape index (κ3) is 4.90. The molecule has 0 saturated heterocycles. The summed E-state index contributed by atoms with van der Waals surface area (Å²) >= 11 is 0. The molecule has 29 heavy (non-hydrogen) atoms. The van der Waals surface area contributed by atoms with Gasteiger partial charge in [-0.1, -0.05) is 30.3 Å². The number of para-hydroxylation sites is 2. The van der Waals surface area contributed by atoms with Crippen LogP contribution in [0.5, 0.6) is 5.75 Å². The van der Waals surface area contributed by atoms with Crippen molar-refractivity contribution in [2.24, 2.45) is 0 Å². The molecule has 1 heterocycles. The van der Waals surface area contributed by atoms with Crippen molar-refractivity contribution in [3.8, 4) is 11.4 Å². The second-order valence-electron chi connectivity index (χ2n) is 6.70. The van der Waals surface area contributed by atoms with Gasteiger partial charge in [-0.2, -0.15) is 5.10 Å². The first-order valence-corrected chi connectivity index (χ1v) is 9.39. The largest absolute Gasteiger partial charge is 0.489 e. The summed E-state index contributed by atoms with van der Waals surface area (Å²) < 4.78 is 20.8. The highest BCUT2D eigenvalue weighted by atomic mass is 19.1. The van der Waals surface area contributed by atoms with Crippen LogP contribution in [0.3, 0.4) is 0 Å². The molecule has 0 saturated carbocycles. The number of likely N-dealkylation sites (N-methyl/N-ethyl adjacent to an activating group) is 1. The van der Waals surface area contributed by atoms with Gasteiger partial charge in [0.05, 0.1) is 17.9 Å². The Morgan fingerprint density at radius 3 is 2.55 bits per heavy atom. The van der Waals surface area contributed by atoms with Crippen molar-refractivity contribution < 1.29 is 13.9 Å². The van der Waals surface area contributed by atoms with E-state index in [0.29, 0.717) is 6.54 Å². The van der Waals surface area contributed by atoms with Crippen molar-refractivity contribution in [2.45, 2.75) is 13.8 Å². The zero-order chi connectivity index (χ0) is 20.8. The molecule has 0 radical (unpaired) electrons. The number of benzene rings is 2. The minimum absolute atomic E-state index is 0.159. The molecule has 1 aromatic heterocycles. The number of rotatable bonds is 7. The van der Waals surface area contributed by atoms with E-state index in [1.807, 2.05) is 48.9 Å². The smallest absolute Gasteiger partial charge is 0.246 e. The van der Waals surface area contributed by atoms with Crippen LogP contribution >= 0.6 is 0 Å². The van der Waals surface area contributed by atoms with E-state index in [4.69, 9.17) is 4.74 Å². The average Bonchev–Trinajstić information content (AvgIpc) is 3.01. The van der Waals surface area contributed by atoms with Crippen LogP contribution in [-0.2, 0) is 4.79 Å². The summed E-state index contributed by atoms with van der Waals surface area (Å²) in [5.74, 6) is -0.389. The molecule has 0 atom stereocenters. The molecule has 150 valence electrons. The van der Waals surface area contributed by atoms with Crippen molar-refractivity contribution in [2.75, 3.05) is 20.2 Å². The minimum Gasteiger partial charge on any atom is -0.489 e. The molecule has 2 aromatic carbocycles. The molecule has 0 bridgehead atoms. The van der Waals surface area contributed by atoms with Crippen LogP contribution < -0.4 is 4.74 Å². The zero-order valence-corrected chi connectivity index (χ0v) is 16.8. The molecule has 0 aliphatic rings. The normalized spacial score (nSPS) is 11.0. The summed E-state index contributed by atoms with van der Waals surface area (Å²) in [6.45, 7) is 4.45. The van der Waals surface area contributed by atoms with Crippen LogP contribution in [0.4, 0.5) is 4.39 Å². The summed E-state index contributed by atoms with van der Waals surface area (Å²) in [5, 5.41) is 4.58. The zero-order valence-electron chi connectivity index (χ0n) is 16.8. The average molecular weight is 393 g/mol. The third-order valence-electron chi connectivity index (χ3n) is 4.64. The minimum atomic E-state index is -0.414. The van der Waals surface area contributed by atoms with Crippen molar-refractivity contribution in [1.29, 1.82) is 0 Å². The Morgan fingerprint density at radius 2 is 1.83 bits per heavy atom. The molecule has 0 spiro atoms. The van der Waals surface area contributed by atoms with Gasteiger partial charge < -0.3 is 9.64 Å². The summed E-state index contributed by atoms with van der Waals surface area (Å²) in [6, 6.07) is 16.1. The number of ether oxygens (including phenoxy) is 1. The summed E-state index contributed by atoms with van der Waals surface area (Å²) in [4.78, 5) is 13.9. The molecule has 0 aliphatic carbocycles. The Hall–Kier alpha value is -3.41. The molecular formula is C23H24FN3O2. The SMILES string of the molecule is Cc1nn(-c2ccccc2)c(C)c1/C=C/C(=O)N(C)CCOc1ccccc1F. The van der Waals surface area contributed by atoms with Crippen molar-refractivity contribution in [1.82, 2.24) is 14.7 Å². The van der Waals surface area contributed by atoms with Crippen LogP contribution in [0.2, 0.25) is 0 Å². The fourth-order valence-corrected chi connectivity index (χ4v) is 2.96. The van der Waals surface area contributed by atoms with Gasteiger partial charge in [-0.15, -0.1) is 0 Å². The number of nitrogens with zero attached hydrogens (tertiary/aromatic N) is 3. The maximum atomic E-state index is 13.6. The van der Waals surface area contributed by atoms with E-state index in [0.717, 1.165) is 22.6 Å². The number of hydrogen-bond acceptors (Lipinski definition) is 3. The van der Waals surface area contributed by atoms with Crippen LogP contribution in [0, 0.1) is 19.7 Å². The monoisotopic (exact) mass is 393 g/mol. The highest BCUT2D eigenvalue weighted by molar-refractivity contribution is 5.91. The highest BCUT2D eigenvalue weighted by Gasteiger charge is 2.12. The van der Waals surface area contributed by atoms with Gasteiger partial charge in [-0.25, -0.2) is 9.07 Å². The van der Waals surface area contributed by atoms with Crippen LogP contribution in [-0.4, -0.2) is 40.8 Å². The Morgan fingerprint density at radius 1 is 1.14 bits per heavy atom. The van der Waals surface area contributed by atoms with Gasteiger partial charge in [0.25, 0.3) is 0 Å². The lowest BCUT2D eigenvalue weighted by Gasteiger charge is -2.15. The molecule has 3 aromatic rings. The molecule has 3 rings (SSSR count). The van der Waals surface area contributed by atoms with Crippen molar-refractivity contribution in [3.63, 3.8) is 0 Å². The van der Waals surface area contributed by atoms with Gasteiger partial charge in [0.15, 0.2) is 11.6 Å². The number of hydrogen-bond donors (Lipinski definition) is 0. The van der Waals surface area contributed by atoms with E-state index < -0.39 is 5.82 Å². The van der Waals surface area contributed by atoms with Crippen LogP contribution in [0.15, 0.2) is 60.7 Å². The maximum absolute atomic E-state index is 13.6. The van der Waals surface area contributed by atoms with Crippen molar-refractivity contribution in [3.05, 3.63) is 83.4 Å². The van der Waals surface area contributed by atoms with Crippen LogP contribution in [0.25, 0.3) is 11.8 Å². The van der Waals surface area contributed by atoms with E-state index in [9.17, 15) is 9.18 Å². The summed E-state index contributed by atoms with van der Waals surface area (Å²) in [7, 11) is 1.69. The number of halogens is 1. The van der Waals surface area contributed by atoms with Gasteiger partial charge >= 0.3 is 0 Å². The number of carbonyl (C=O) groups excluding carboxylic acids is 1. The lowest BCUT2D eigenvalue weighted by molar-refractivity contribution is -0.125. The van der Waals surface area contributed by atoms with Crippen molar-refractivity contribution >= 4 is 12.0 Å². The van der Waals surface area contributed by atoms with E-state index in [2.05, 4.69) is 5.10 Å². The predicted molar refractivity (Wildman–Crippen MR) is 112 cm³/mol. The summed E-state index contributed by atoms with van der Waals surface area (Å²) in [6.07, 6.45) is 3.31. The number of carbonyl (C=O) groups is 1. The molecule has 5 nitrogen and oxygen atoms in total. The topological polar surface area (TPSA) is 47.4 Å². The third-order valence-corrected chi connectivity index (χ3v) is 4.64. The highest BCUT2D eigenvalue weighted by Crippen LogP contribution is 2.19. The van der Waals surface area contributed by atoms with E-state index in [-0.39, 0.29) is 18.3 Å². The lowest BCUT2D eigenvalue weighted by Crippen LogP contribution is -2.29. The Kier molecular flexibility index (Phi) is 6.44. The van der Waals surface area contributed by atoms with E-state index in [1.54, 1.807) is 31.3 Å². The maximum Gasteiger partial charge on any atom is 0.246 e. The Bertz CT molecular complexity index is 1010. The number of amides is 1. The van der Waals surface area contributed by atoms with Gasteiger partial charge in [-0.3, -0.25) is 4.79 Å². The molecule has 0 fully saturated rings. The first-order chi connectivity index (χ1) is 14.0. The molecule has 6 heteroatoms. The van der Waals surface area contributed by atoms with Gasteiger partial charge in [0.1, 0.15) is 6.61 Å². The standard InChI is InChI=1S/C23H24FN3O2/c1-17-20(18(2)27(25-17)19-9-5-4-6-10-19)13-14-23(28)26(3)15-16-29-22-12-8-7-11-21(22)24/h4-14H,15-16H2,1-3H3/b14-13+. The molecule has 0 N–H and O–H groups in total. The second kappa shape index (κ2) is 9.19.